The van der Waals surface area contributed by atoms with E-state index in [0.29, 0.717) is 28.0 Å². The zero-order chi connectivity index (χ0) is 18.0. The number of benzene rings is 1. The number of carboxylic acid groups (broad SMARTS) is 1. The van der Waals surface area contributed by atoms with E-state index in [1.54, 1.807) is 37.4 Å². The van der Waals surface area contributed by atoms with Crippen LogP contribution in [-0.2, 0) is 0 Å². The molecule has 0 aliphatic carbocycles. The van der Waals surface area contributed by atoms with Gasteiger partial charge in [-0.15, -0.1) is 0 Å². The summed E-state index contributed by atoms with van der Waals surface area (Å²) >= 11 is 0. The van der Waals surface area contributed by atoms with E-state index in [2.05, 4.69) is 15.3 Å². The highest BCUT2D eigenvalue weighted by atomic mass is 16.5. The molecule has 0 atom stereocenters. The van der Waals surface area contributed by atoms with Gasteiger partial charge < -0.3 is 25.6 Å². The number of aromatic carboxylic acids is 1. The maximum absolute atomic E-state index is 11.6. The fraction of sp³-hybridized carbons (Fsp3) is 0.118. The molecule has 2 aromatic heterocycles. The van der Waals surface area contributed by atoms with Crippen LogP contribution < -0.4 is 20.5 Å². The van der Waals surface area contributed by atoms with Gasteiger partial charge in [0.1, 0.15) is 22.8 Å². The van der Waals surface area contributed by atoms with E-state index in [1.165, 1.54) is 13.3 Å². The van der Waals surface area contributed by atoms with Crippen LogP contribution in [0.4, 0.5) is 17.2 Å². The van der Waals surface area contributed by atoms with E-state index in [-0.39, 0.29) is 17.3 Å². The van der Waals surface area contributed by atoms with Gasteiger partial charge >= 0.3 is 5.97 Å². The summed E-state index contributed by atoms with van der Waals surface area (Å²) in [7, 11) is 3.01. The minimum atomic E-state index is -1.11. The Morgan fingerprint density at radius 3 is 2.68 bits per heavy atom. The molecule has 128 valence electrons. The number of anilines is 3. The molecule has 0 radical (unpaired) electrons. The Morgan fingerprint density at radius 2 is 2.00 bits per heavy atom. The third kappa shape index (κ3) is 3.23. The van der Waals surface area contributed by atoms with Crippen molar-refractivity contribution < 1.29 is 19.4 Å². The molecule has 3 rings (SSSR count). The van der Waals surface area contributed by atoms with Gasteiger partial charge in [-0.3, -0.25) is 0 Å². The van der Waals surface area contributed by atoms with Crippen molar-refractivity contribution in [2.24, 2.45) is 0 Å². The predicted octanol–water partition coefficient (Wildman–Crippen LogP) is 2.67. The number of fused-ring (bicyclic) bond motifs is 1. The summed E-state index contributed by atoms with van der Waals surface area (Å²) in [5.74, 6) is -0.0576. The Balaban J connectivity index is 2.15. The van der Waals surface area contributed by atoms with Crippen molar-refractivity contribution in [3.63, 3.8) is 0 Å². The topological polar surface area (TPSA) is 120 Å². The number of methoxy groups -OCH3 is 2. The highest BCUT2D eigenvalue weighted by molar-refractivity contribution is 5.99. The number of nitrogen functional groups attached to an aromatic ring is 1. The molecule has 1 aromatic carbocycles. The maximum atomic E-state index is 11.6. The molecule has 2 heterocycles. The van der Waals surface area contributed by atoms with Gasteiger partial charge in [0.25, 0.3) is 0 Å². The molecule has 0 aliphatic heterocycles. The molecule has 0 aliphatic rings. The van der Waals surface area contributed by atoms with Gasteiger partial charge in [-0.1, -0.05) is 0 Å². The molecule has 25 heavy (non-hydrogen) atoms. The molecule has 8 heteroatoms. The fourth-order valence-corrected chi connectivity index (χ4v) is 2.38. The van der Waals surface area contributed by atoms with Crippen LogP contribution in [0, 0.1) is 0 Å². The standard InChI is InChI=1S/C17H16N4O4/c1-24-11-4-3-9-5-12(17(22)23)15(20-13(9)7-11)21-14-6-10(18)8-19-16(14)25-2/h3-8H,18H2,1-2H3,(H,20,21)(H,22,23). The average molecular weight is 340 g/mol. The summed E-state index contributed by atoms with van der Waals surface area (Å²) in [5.41, 5.74) is 7.17. The molecule has 4 N–H and O–H groups in total. The second-order valence-electron chi connectivity index (χ2n) is 5.20. The van der Waals surface area contributed by atoms with Crippen molar-refractivity contribution in [1.82, 2.24) is 9.97 Å². The lowest BCUT2D eigenvalue weighted by atomic mass is 10.1. The summed E-state index contributed by atoms with van der Waals surface area (Å²) < 4.78 is 10.4. The third-order valence-corrected chi connectivity index (χ3v) is 3.57. The number of hydrogen-bond acceptors (Lipinski definition) is 7. The first-order valence-electron chi connectivity index (χ1n) is 7.30. The van der Waals surface area contributed by atoms with Gasteiger partial charge in [0.05, 0.1) is 31.6 Å². The molecule has 0 saturated carbocycles. The second-order valence-corrected chi connectivity index (χ2v) is 5.20. The molecule has 0 spiro atoms. The SMILES string of the molecule is COc1ccc2cc(C(=O)O)c(Nc3cc(N)cnc3OC)nc2c1. The van der Waals surface area contributed by atoms with Crippen molar-refractivity contribution in [3.05, 3.63) is 42.1 Å². The fourth-order valence-electron chi connectivity index (χ4n) is 2.38. The molecule has 0 fully saturated rings. The normalized spacial score (nSPS) is 10.5. The molecule has 0 amide bonds. The number of aromatic nitrogens is 2. The largest absolute Gasteiger partial charge is 0.497 e. The first-order chi connectivity index (χ1) is 12.0. The molecular weight excluding hydrogens is 324 g/mol. The molecule has 0 bridgehead atoms. The Labute approximate surface area is 143 Å². The smallest absolute Gasteiger partial charge is 0.339 e. The number of nitrogens with one attached hydrogen (secondary N) is 1. The summed E-state index contributed by atoms with van der Waals surface area (Å²) in [5, 5.41) is 13.1. The Morgan fingerprint density at radius 1 is 1.20 bits per heavy atom. The highest BCUT2D eigenvalue weighted by Gasteiger charge is 2.16. The molecule has 0 unspecified atom stereocenters. The summed E-state index contributed by atoms with van der Waals surface area (Å²) in [6.07, 6.45) is 1.45. The van der Waals surface area contributed by atoms with Crippen molar-refractivity contribution in [2.45, 2.75) is 0 Å². The number of nitrogens with zero attached hydrogens (tertiary/aromatic N) is 2. The van der Waals surface area contributed by atoms with Crippen LogP contribution >= 0.6 is 0 Å². The van der Waals surface area contributed by atoms with Crippen LogP contribution in [0.25, 0.3) is 10.9 Å². The Bertz CT molecular complexity index is 959. The monoisotopic (exact) mass is 340 g/mol. The van der Waals surface area contributed by atoms with Crippen molar-refractivity contribution in [1.29, 1.82) is 0 Å². The zero-order valence-corrected chi connectivity index (χ0v) is 13.6. The van der Waals surface area contributed by atoms with Crippen LogP contribution in [-0.4, -0.2) is 35.3 Å². The first kappa shape index (κ1) is 16.3. The lowest BCUT2D eigenvalue weighted by Crippen LogP contribution is -2.07. The Kier molecular flexibility index (Phi) is 4.25. The number of carbonyl (C=O) groups is 1. The van der Waals surface area contributed by atoms with Crippen LogP contribution in [0.3, 0.4) is 0 Å². The van der Waals surface area contributed by atoms with Crippen LogP contribution in [0.15, 0.2) is 36.5 Å². The number of rotatable bonds is 5. The van der Waals surface area contributed by atoms with E-state index in [4.69, 9.17) is 15.2 Å². The van der Waals surface area contributed by atoms with Gasteiger partial charge in [0.15, 0.2) is 0 Å². The number of hydrogen-bond donors (Lipinski definition) is 3. The number of nitrogens with two attached hydrogens (primary N) is 1. The maximum Gasteiger partial charge on any atom is 0.339 e. The van der Waals surface area contributed by atoms with Crippen LogP contribution in [0.1, 0.15) is 10.4 Å². The van der Waals surface area contributed by atoms with Gasteiger partial charge in [0.2, 0.25) is 5.88 Å². The summed E-state index contributed by atoms with van der Waals surface area (Å²) in [6, 6.07) is 8.35. The van der Waals surface area contributed by atoms with E-state index in [1.807, 2.05) is 0 Å². The van der Waals surface area contributed by atoms with Gasteiger partial charge in [-0.2, -0.15) is 0 Å². The second kappa shape index (κ2) is 6.52. The summed E-state index contributed by atoms with van der Waals surface area (Å²) in [6.45, 7) is 0. The molecule has 3 aromatic rings. The predicted molar refractivity (Wildman–Crippen MR) is 93.7 cm³/mol. The number of ether oxygens (including phenoxy) is 2. The van der Waals surface area contributed by atoms with E-state index < -0.39 is 5.97 Å². The van der Waals surface area contributed by atoms with Gasteiger partial charge in [-0.05, 0) is 24.3 Å². The van der Waals surface area contributed by atoms with E-state index >= 15 is 0 Å². The van der Waals surface area contributed by atoms with Crippen LogP contribution in [0.2, 0.25) is 0 Å². The molecule has 0 saturated heterocycles. The highest BCUT2D eigenvalue weighted by Crippen LogP contribution is 2.30. The van der Waals surface area contributed by atoms with Crippen molar-refractivity contribution >= 4 is 34.1 Å². The van der Waals surface area contributed by atoms with E-state index in [0.717, 1.165) is 0 Å². The van der Waals surface area contributed by atoms with Crippen molar-refractivity contribution in [3.8, 4) is 11.6 Å². The summed E-state index contributed by atoms with van der Waals surface area (Å²) in [4.78, 5) is 20.1. The van der Waals surface area contributed by atoms with Crippen molar-refractivity contribution in [2.75, 3.05) is 25.3 Å². The van der Waals surface area contributed by atoms with Gasteiger partial charge in [0, 0.05) is 11.5 Å². The zero-order valence-electron chi connectivity index (χ0n) is 13.6. The molecular formula is C17H16N4O4. The lowest BCUT2D eigenvalue weighted by Gasteiger charge is -2.13. The first-order valence-corrected chi connectivity index (χ1v) is 7.30. The van der Waals surface area contributed by atoms with Gasteiger partial charge in [-0.25, -0.2) is 14.8 Å². The quantitative estimate of drug-likeness (QED) is 0.648. The number of carboxylic acids is 1. The Hall–Kier alpha value is -3.55. The minimum Gasteiger partial charge on any atom is -0.497 e. The number of pyridine rings is 2. The molecule has 8 nitrogen and oxygen atoms in total. The lowest BCUT2D eigenvalue weighted by molar-refractivity contribution is 0.0698. The minimum absolute atomic E-state index is 0.0159. The average Bonchev–Trinajstić information content (AvgIpc) is 2.60. The van der Waals surface area contributed by atoms with E-state index in [9.17, 15) is 9.90 Å². The van der Waals surface area contributed by atoms with Crippen LogP contribution in [0.5, 0.6) is 11.6 Å². The third-order valence-electron chi connectivity index (χ3n) is 3.57.